The Kier molecular flexibility index (Phi) is 9.73. The summed E-state index contributed by atoms with van der Waals surface area (Å²) in [6.45, 7) is 3.44. The molecule has 0 spiro atoms. The third kappa shape index (κ3) is 7.28. The van der Waals surface area contributed by atoms with Crippen LogP contribution in [0.5, 0.6) is 0 Å². The summed E-state index contributed by atoms with van der Waals surface area (Å²) in [5.74, 6) is 0. The van der Waals surface area contributed by atoms with E-state index in [1.807, 2.05) is 18.2 Å². The lowest BCUT2D eigenvalue weighted by atomic mass is 10.0. The van der Waals surface area contributed by atoms with Crippen LogP contribution < -0.4 is 5.32 Å². The molecule has 20 heavy (non-hydrogen) atoms. The number of rotatable bonds is 11. The topological polar surface area (TPSA) is 32.3 Å². The normalized spacial score (nSPS) is 12.6. The Morgan fingerprint density at radius 2 is 1.90 bits per heavy atom. The Morgan fingerprint density at radius 1 is 1.15 bits per heavy atom. The van der Waals surface area contributed by atoms with Gasteiger partial charge in [-0.2, -0.15) is 0 Å². The molecule has 0 amide bonds. The first-order valence-corrected chi connectivity index (χ1v) is 8.25. The van der Waals surface area contributed by atoms with Crippen molar-refractivity contribution in [1.29, 1.82) is 0 Å². The third-order valence-corrected chi connectivity index (χ3v) is 3.82. The summed E-state index contributed by atoms with van der Waals surface area (Å²) in [6.07, 6.45) is 8.55. The largest absolute Gasteiger partial charge is 0.396 e. The SMILES string of the molecule is CCCCCCCCNC(CCO)c1cccc(Cl)c1. The molecule has 0 radical (unpaired) electrons. The van der Waals surface area contributed by atoms with Crippen LogP contribution in [0.2, 0.25) is 5.02 Å². The molecule has 114 valence electrons. The molecular formula is C17H28ClNO. The fourth-order valence-corrected chi connectivity index (χ4v) is 2.62. The van der Waals surface area contributed by atoms with E-state index in [0.29, 0.717) is 0 Å². The molecule has 0 aliphatic heterocycles. The molecule has 1 aromatic rings. The van der Waals surface area contributed by atoms with E-state index in [4.69, 9.17) is 11.6 Å². The summed E-state index contributed by atoms with van der Waals surface area (Å²) in [7, 11) is 0. The Bertz CT molecular complexity index is 357. The molecule has 0 saturated heterocycles. The van der Waals surface area contributed by atoms with Gasteiger partial charge in [0, 0.05) is 17.7 Å². The predicted octanol–water partition coefficient (Wildman–Crippen LogP) is 4.71. The molecular weight excluding hydrogens is 270 g/mol. The lowest BCUT2D eigenvalue weighted by Crippen LogP contribution is -2.23. The van der Waals surface area contributed by atoms with Crippen LogP contribution in [0.25, 0.3) is 0 Å². The van der Waals surface area contributed by atoms with Crippen LogP contribution in [-0.2, 0) is 0 Å². The molecule has 3 heteroatoms. The number of benzene rings is 1. The third-order valence-electron chi connectivity index (χ3n) is 3.59. The van der Waals surface area contributed by atoms with Gasteiger partial charge >= 0.3 is 0 Å². The molecule has 2 N–H and O–H groups in total. The first kappa shape index (κ1) is 17.5. The van der Waals surface area contributed by atoms with E-state index in [-0.39, 0.29) is 12.6 Å². The minimum Gasteiger partial charge on any atom is -0.396 e. The number of halogens is 1. The van der Waals surface area contributed by atoms with Gasteiger partial charge in [-0.15, -0.1) is 0 Å². The van der Waals surface area contributed by atoms with Crippen LogP contribution >= 0.6 is 11.6 Å². The second-order valence-electron chi connectivity index (χ2n) is 5.34. The highest BCUT2D eigenvalue weighted by molar-refractivity contribution is 6.30. The minimum atomic E-state index is 0.195. The Balaban J connectivity index is 2.29. The van der Waals surface area contributed by atoms with Crippen molar-refractivity contribution >= 4 is 11.6 Å². The second-order valence-corrected chi connectivity index (χ2v) is 5.78. The summed E-state index contributed by atoms with van der Waals surface area (Å²) in [5, 5.41) is 13.5. The molecule has 1 aromatic carbocycles. The lowest BCUT2D eigenvalue weighted by molar-refractivity contribution is 0.265. The van der Waals surface area contributed by atoms with Crippen molar-refractivity contribution in [3.05, 3.63) is 34.9 Å². The summed E-state index contributed by atoms with van der Waals surface area (Å²) < 4.78 is 0. The van der Waals surface area contributed by atoms with Crippen molar-refractivity contribution in [2.45, 2.75) is 57.9 Å². The van der Waals surface area contributed by atoms with Gasteiger partial charge in [-0.3, -0.25) is 0 Å². The van der Waals surface area contributed by atoms with E-state index in [1.54, 1.807) is 0 Å². The van der Waals surface area contributed by atoms with Crippen molar-refractivity contribution < 1.29 is 5.11 Å². The average molecular weight is 298 g/mol. The smallest absolute Gasteiger partial charge is 0.0449 e. The maximum atomic E-state index is 9.19. The number of hydrogen-bond donors (Lipinski definition) is 2. The summed E-state index contributed by atoms with van der Waals surface area (Å²) in [4.78, 5) is 0. The monoisotopic (exact) mass is 297 g/mol. The van der Waals surface area contributed by atoms with Crippen molar-refractivity contribution in [3.63, 3.8) is 0 Å². The molecule has 1 unspecified atom stereocenters. The molecule has 0 aromatic heterocycles. The molecule has 0 bridgehead atoms. The van der Waals surface area contributed by atoms with Crippen LogP contribution in [0, 0.1) is 0 Å². The van der Waals surface area contributed by atoms with Gasteiger partial charge in [-0.1, -0.05) is 62.8 Å². The molecule has 1 rings (SSSR count). The van der Waals surface area contributed by atoms with E-state index in [0.717, 1.165) is 23.6 Å². The number of aliphatic hydroxyl groups excluding tert-OH is 1. The Hall–Kier alpha value is -0.570. The van der Waals surface area contributed by atoms with Crippen LogP contribution in [-0.4, -0.2) is 18.3 Å². The number of nitrogens with one attached hydrogen (secondary N) is 1. The maximum absolute atomic E-state index is 9.19. The van der Waals surface area contributed by atoms with Gasteiger partial charge < -0.3 is 10.4 Å². The average Bonchev–Trinajstić information content (AvgIpc) is 2.45. The van der Waals surface area contributed by atoms with Gasteiger partial charge in [-0.05, 0) is 37.1 Å². The van der Waals surface area contributed by atoms with E-state index in [9.17, 15) is 5.11 Å². The molecule has 0 aliphatic carbocycles. The van der Waals surface area contributed by atoms with Crippen molar-refractivity contribution in [3.8, 4) is 0 Å². The number of hydrogen-bond acceptors (Lipinski definition) is 2. The van der Waals surface area contributed by atoms with Crippen molar-refractivity contribution in [1.82, 2.24) is 5.32 Å². The van der Waals surface area contributed by atoms with Crippen LogP contribution in [0.1, 0.15) is 63.5 Å². The zero-order valence-electron chi connectivity index (χ0n) is 12.6. The first-order valence-electron chi connectivity index (χ1n) is 7.87. The number of aliphatic hydroxyl groups is 1. The van der Waals surface area contributed by atoms with E-state index in [1.165, 1.54) is 38.5 Å². The predicted molar refractivity (Wildman–Crippen MR) is 87.3 cm³/mol. The molecule has 0 saturated carbocycles. The van der Waals surface area contributed by atoms with Gasteiger partial charge in [0.05, 0.1) is 0 Å². The summed E-state index contributed by atoms with van der Waals surface area (Å²) in [6, 6.07) is 8.11. The van der Waals surface area contributed by atoms with Crippen LogP contribution in [0.3, 0.4) is 0 Å². The molecule has 1 atom stereocenters. The fourth-order valence-electron chi connectivity index (χ4n) is 2.42. The molecule has 0 fully saturated rings. The van der Waals surface area contributed by atoms with Gasteiger partial charge in [0.2, 0.25) is 0 Å². The van der Waals surface area contributed by atoms with Crippen molar-refractivity contribution in [2.24, 2.45) is 0 Å². The minimum absolute atomic E-state index is 0.195. The second kappa shape index (κ2) is 11.1. The standard InChI is InChI=1S/C17H28ClNO/c1-2-3-4-5-6-7-12-19-17(11-13-20)15-9-8-10-16(18)14-15/h8-10,14,17,19-20H,2-7,11-13H2,1H3. The van der Waals surface area contributed by atoms with E-state index < -0.39 is 0 Å². The van der Waals surface area contributed by atoms with E-state index in [2.05, 4.69) is 18.3 Å². The summed E-state index contributed by atoms with van der Waals surface area (Å²) in [5.41, 5.74) is 1.16. The van der Waals surface area contributed by atoms with Crippen LogP contribution in [0.4, 0.5) is 0 Å². The molecule has 0 heterocycles. The lowest BCUT2D eigenvalue weighted by Gasteiger charge is -2.18. The van der Waals surface area contributed by atoms with Gasteiger partial charge in [0.25, 0.3) is 0 Å². The Morgan fingerprint density at radius 3 is 2.60 bits per heavy atom. The van der Waals surface area contributed by atoms with E-state index >= 15 is 0 Å². The van der Waals surface area contributed by atoms with Gasteiger partial charge in [0.1, 0.15) is 0 Å². The van der Waals surface area contributed by atoms with Crippen LogP contribution in [0.15, 0.2) is 24.3 Å². The fraction of sp³-hybridized carbons (Fsp3) is 0.647. The van der Waals surface area contributed by atoms with Crippen molar-refractivity contribution in [2.75, 3.05) is 13.2 Å². The zero-order chi connectivity index (χ0) is 14.6. The first-order chi connectivity index (χ1) is 9.77. The van der Waals surface area contributed by atoms with Gasteiger partial charge in [-0.25, -0.2) is 0 Å². The highest BCUT2D eigenvalue weighted by atomic mass is 35.5. The number of unbranched alkanes of at least 4 members (excludes halogenated alkanes) is 5. The highest BCUT2D eigenvalue weighted by Gasteiger charge is 2.10. The highest BCUT2D eigenvalue weighted by Crippen LogP contribution is 2.20. The molecule has 0 aliphatic rings. The maximum Gasteiger partial charge on any atom is 0.0449 e. The molecule has 2 nitrogen and oxygen atoms in total. The summed E-state index contributed by atoms with van der Waals surface area (Å²) >= 11 is 6.03. The van der Waals surface area contributed by atoms with Gasteiger partial charge in [0.15, 0.2) is 0 Å². The quantitative estimate of drug-likeness (QED) is 0.580. The Labute approximate surface area is 128 Å². The zero-order valence-corrected chi connectivity index (χ0v) is 13.3.